The van der Waals surface area contributed by atoms with Crippen LogP contribution in [0.1, 0.15) is 23.5 Å². The highest BCUT2D eigenvalue weighted by Crippen LogP contribution is 2.34. The van der Waals surface area contributed by atoms with Crippen molar-refractivity contribution in [3.63, 3.8) is 0 Å². The first-order chi connectivity index (χ1) is 11.6. The highest BCUT2D eigenvalue weighted by Gasteiger charge is 2.30. The molecule has 0 spiro atoms. The van der Waals surface area contributed by atoms with Crippen LogP contribution in [0.2, 0.25) is 0 Å². The van der Waals surface area contributed by atoms with Crippen molar-refractivity contribution < 1.29 is 4.79 Å². The molecule has 3 rings (SSSR count). The third kappa shape index (κ3) is 3.36. The number of carbonyl (C=O) groups excluding carboxylic acids is 1. The van der Waals surface area contributed by atoms with Crippen molar-refractivity contribution in [2.45, 2.75) is 19.3 Å². The number of amidine groups is 1. The van der Waals surface area contributed by atoms with Gasteiger partial charge in [-0.05, 0) is 25.1 Å². The van der Waals surface area contributed by atoms with Gasteiger partial charge >= 0.3 is 0 Å². The van der Waals surface area contributed by atoms with Crippen molar-refractivity contribution in [3.8, 4) is 0 Å². The maximum Gasteiger partial charge on any atom is 0.249 e. The summed E-state index contributed by atoms with van der Waals surface area (Å²) in [5, 5.41) is 2.76. The second-order valence-corrected chi connectivity index (χ2v) is 6.61. The van der Waals surface area contributed by atoms with Crippen LogP contribution in [0.5, 0.6) is 0 Å². The highest BCUT2D eigenvalue weighted by molar-refractivity contribution is 5.98. The van der Waals surface area contributed by atoms with E-state index in [1.165, 1.54) is 11.1 Å². The third-order valence-corrected chi connectivity index (χ3v) is 5.04. The van der Waals surface area contributed by atoms with Gasteiger partial charge in [0.25, 0.3) is 0 Å². The molecule has 0 bridgehead atoms. The molecule has 0 aliphatic carbocycles. The molecule has 2 aliphatic rings. The lowest BCUT2D eigenvalue weighted by Gasteiger charge is -2.37. The second kappa shape index (κ2) is 7.18. The molecule has 0 aromatic heterocycles. The fraction of sp³-hybridized carbons (Fsp3) is 0.474. The number of rotatable bonds is 2. The lowest BCUT2D eigenvalue weighted by atomic mass is 9.84. The smallest absolute Gasteiger partial charge is 0.249 e. The number of benzene rings is 1. The number of nitrogens with one attached hydrogen (secondary N) is 1. The standard InChI is InChI=1S/C19H26N4O/c1-14-6-4-5-7-15(14)16-12-18(21-13-17(16)19(24)20-2)23-10-8-22(3)9-11-23/h4-7,13,16H,8-12H2,1-3H3,(H,20,24)/t16-/m0/s1. The van der Waals surface area contributed by atoms with E-state index in [4.69, 9.17) is 0 Å². The summed E-state index contributed by atoms with van der Waals surface area (Å²) in [6.45, 7) is 6.22. The molecular formula is C19H26N4O. The Labute approximate surface area is 144 Å². The molecule has 1 saturated heterocycles. The topological polar surface area (TPSA) is 47.9 Å². The van der Waals surface area contributed by atoms with Crippen LogP contribution in [-0.4, -0.2) is 61.8 Å². The van der Waals surface area contributed by atoms with Gasteiger partial charge in [-0.3, -0.25) is 4.79 Å². The van der Waals surface area contributed by atoms with Crippen molar-refractivity contribution in [3.05, 3.63) is 47.2 Å². The molecule has 1 N–H and O–H groups in total. The summed E-state index contributed by atoms with van der Waals surface area (Å²) in [6.07, 6.45) is 2.56. The Kier molecular flexibility index (Phi) is 5.00. The number of carbonyl (C=O) groups is 1. The fourth-order valence-corrected chi connectivity index (χ4v) is 3.47. The monoisotopic (exact) mass is 326 g/mol. The summed E-state index contributed by atoms with van der Waals surface area (Å²) >= 11 is 0. The predicted octanol–water partition coefficient (Wildman–Crippen LogP) is 1.76. The zero-order chi connectivity index (χ0) is 17.1. The summed E-state index contributed by atoms with van der Waals surface area (Å²) in [5.74, 6) is 1.13. The van der Waals surface area contributed by atoms with Crippen LogP contribution in [0, 0.1) is 6.92 Å². The average Bonchev–Trinajstić information content (AvgIpc) is 2.62. The van der Waals surface area contributed by atoms with E-state index in [0.717, 1.165) is 44.0 Å². The molecular weight excluding hydrogens is 300 g/mol. The van der Waals surface area contributed by atoms with Gasteiger partial charge in [0.05, 0.1) is 0 Å². The van der Waals surface area contributed by atoms with Crippen molar-refractivity contribution in [1.29, 1.82) is 0 Å². The largest absolute Gasteiger partial charge is 0.357 e. The average molecular weight is 326 g/mol. The first-order valence-electron chi connectivity index (χ1n) is 8.58. The Morgan fingerprint density at radius 2 is 1.92 bits per heavy atom. The SMILES string of the molecule is CNC(=O)C1=CN=C(N2CCN(C)CC2)C[C@H]1c1ccccc1C. The van der Waals surface area contributed by atoms with Gasteiger partial charge in [0, 0.05) is 57.3 Å². The lowest BCUT2D eigenvalue weighted by Crippen LogP contribution is -2.48. The van der Waals surface area contributed by atoms with E-state index < -0.39 is 0 Å². The minimum absolute atomic E-state index is 0.0376. The molecule has 5 heteroatoms. The summed E-state index contributed by atoms with van der Waals surface area (Å²) in [5.41, 5.74) is 3.19. The quantitative estimate of drug-likeness (QED) is 0.901. The van der Waals surface area contributed by atoms with Crippen molar-refractivity contribution in [2.24, 2.45) is 4.99 Å². The van der Waals surface area contributed by atoms with E-state index in [2.05, 4.69) is 46.2 Å². The first kappa shape index (κ1) is 16.7. The Hall–Kier alpha value is -2.14. The maximum atomic E-state index is 12.3. The number of aryl methyl sites for hydroxylation is 1. The Morgan fingerprint density at radius 3 is 2.58 bits per heavy atom. The molecule has 128 valence electrons. The van der Waals surface area contributed by atoms with Gasteiger partial charge in [-0.2, -0.15) is 0 Å². The van der Waals surface area contributed by atoms with E-state index in [-0.39, 0.29) is 11.8 Å². The minimum atomic E-state index is -0.0376. The molecule has 1 aromatic carbocycles. The highest BCUT2D eigenvalue weighted by atomic mass is 16.1. The second-order valence-electron chi connectivity index (χ2n) is 6.61. The number of aliphatic imine (C=N–C) groups is 1. The zero-order valence-corrected chi connectivity index (χ0v) is 14.7. The summed E-state index contributed by atoms with van der Waals surface area (Å²) < 4.78 is 0. The molecule has 1 fully saturated rings. The number of hydrogen-bond donors (Lipinski definition) is 1. The number of hydrogen-bond acceptors (Lipinski definition) is 4. The third-order valence-electron chi connectivity index (χ3n) is 5.04. The molecule has 2 heterocycles. The van der Waals surface area contributed by atoms with Crippen molar-refractivity contribution in [1.82, 2.24) is 15.1 Å². The predicted molar refractivity (Wildman–Crippen MR) is 97.2 cm³/mol. The number of likely N-dealkylation sites (N-methyl/N-ethyl adjacent to an activating group) is 2. The van der Waals surface area contributed by atoms with Gasteiger partial charge in [0.2, 0.25) is 5.91 Å². The number of nitrogens with zero attached hydrogens (tertiary/aromatic N) is 3. The summed E-state index contributed by atoms with van der Waals surface area (Å²) in [4.78, 5) is 21.7. The Balaban J connectivity index is 1.90. The molecule has 2 aliphatic heterocycles. The van der Waals surface area contributed by atoms with Crippen molar-refractivity contribution in [2.75, 3.05) is 40.3 Å². The molecule has 1 atom stereocenters. The van der Waals surface area contributed by atoms with Gasteiger partial charge in [-0.15, -0.1) is 0 Å². The molecule has 5 nitrogen and oxygen atoms in total. The minimum Gasteiger partial charge on any atom is -0.357 e. The fourth-order valence-electron chi connectivity index (χ4n) is 3.47. The van der Waals surface area contributed by atoms with E-state index in [9.17, 15) is 4.79 Å². The van der Waals surface area contributed by atoms with E-state index in [1.807, 2.05) is 12.1 Å². The van der Waals surface area contributed by atoms with Crippen LogP contribution in [-0.2, 0) is 4.79 Å². The normalized spacial score (nSPS) is 22.0. The summed E-state index contributed by atoms with van der Waals surface area (Å²) in [6, 6.07) is 8.33. The Bertz CT molecular complexity index is 672. The van der Waals surface area contributed by atoms with Crippen LogP contribution in [0.4, 0.5) is 0 Å². The van der Waals surface area contributed by atoms with E-state index >= 15 is 0 Å². The first-order valence-corrected chi connectivity index (χ1v) is 8.58. The number of piperazine rings is 1. The van der Waals surface area contributed by atoms with Gasteiger partial charge < -0.3 is 15.1 Å². The zero-order valence-electron chi connectivity index (χ0n) is 14.7. The van der Waals surface area contributed by atoms with Gasteiger partial charge in [0.1, 0.15) is 5.84 Å². The van der Waals surface area contributed by atoms with Crippen LogP contribution < -0.4 is 5.32 Å². The van der Waals surface area contributed by atoms with Gasteiger partial charge in [0.15, 0.2) is 0 Å². The van der Waals surface area contributed by atoms with Gasteiger partial charge in [-0.1, -0.05) is 24.3 Å². The van der Waals surface area contributed by atoms with E-state index in [0.29, 0.717) is 0 Å². The molecule has 0 radical (unpaired) electrons. The molecule has 0 unspecified atom stereocenters. The maximum absolute atomic E-state index is 12.3. The molecule has 1 aromatic rings. The summed E-state index contributed by atoms with van der Waals surface area (Å²) in [7, 11) is 3.83. The lowest BCUT2D eigenvalue weighted by molar-refractivity contribution is -0.117. The molecule has 1 amide bonds. The van der Waals surface area contributed by atoms with Gasteiger partial charge in [-0.25, -0.2) is 4.99 Å². The van der Waals surface area contributed by atoms with Crippen LogP contribution in [0.3, 0.4) is 0 Å². The Morgan fingerprint density at radius 1 is 1.21 bits per heavy atom. The van der Waals surface area contributed by atoms with Crippen LogP contribution >= 0.6 is 0 Å². The molecule has 24 heavy (non-hydrogen) atoms. The van der Waals surface area contributed by atoms with Crippen LogP contribution in [0.15, 0.2) is 41.0 Å². The van der Waals surface area contributed by atoms with E-state index in [1.54, 1.807) is 13.2 Å². The number of amides is 1. The molecule has 0 saturated carbocycles. The van der Waals surface area contributed by atoms with Crippen LogP contribution in [0.25, 0.3) is 0 Å². The van der Waals surface area contributed by atoms with Crippen molar-refractivity contribution >= 4 is 11.7 Å².